The lowest BCUT2D eigenvalue weighted by Gasteiger charge is -2.37. The number of amides is 1. The maximum atomic E-state index is 13.8. The van der Waals surface area contributed by atoms with Crippen LogP contribution in [0.3, 0.4) is 0 Å². The topological polar surface area (TPSA) is 48.0 Å². The summed E-state index contributed by atoms with van der Waals surface area (Å²) in [5.74, 6) is -4.25. The molecule has 1 aromatic rings. The van der Waals surface area contributed by atoms with Gasteiger partial charge < -0.3 is 14.2 Å². The Labute approximate surface area is 182 Å². The van der Waals surface area contributed by atoms with Crippen LogP contribution in [0.4, 0.5) is 18.0 Å². The fourth-order valence-electron chi connectivity index (χ4n) is 3.18. The largest absolute Gasteiger partial charge is 0.497 e. The van der Waals surface area contributed by atoms with E-state index in [0.29, 0.717) is 13.0 Å². The highest BCUT2D eigenvalue weighted by Crippen LogP contribution is 2.31. The molecule has 0 fully saturated rings. The van der Waals surface area contributed by atoms with Gasteiger partial charge in [0.2, 0.25) is 0 Å². The molecule has 0 unspecified atom stereocenters. The van der Waals surface area contributed by atoms with Crippen molar-refractivity contribution in [3.8, 4) is 0 Å². The van der Waals surface area contributed by atoms with Gasteiger partial charge in [-0.3, -0.25) is 4.90 Å². The van der Waals surface area contributed by atoms with Crippen molar-refractivity contribution < 1.29 is 32.2 Å². The van der Waals surface area contributed by atoms with Gasteiger partial charge >= 0.3 is 6.09 Å². The van der Waals surface area contributed by atoms with E-state index < -0.39 is 35.2 Å². The van der Waals surface area contributed by atoms with Gasteiger partial charge in [0.15, 0.2) is 17.5 Å². The Kier molecular flexibility index (Phi) is 9.22. The number of hydrogen-bond acceptors (Lipinski definition) is 4. The van der Waals surface area contributed by atoms with E-state index in [0.717, 1.165) is 44.4 Å². The van der Waals surface area contributed by atoms with Crippen LogP contribution in [0, 0.1) is 17.5 Å². The van der Waals surface area contributed by atoms with E-state index in [1.165, 1.54) is 11.2 Å². The van der Waals surface area contributed by atoms with Crippen LogP contribution < -0.4 is 0 Å². The number of unbranched alkanes of at least 4 members (excludes halogenated alkanes) is 2. The maximum absolute atomic E-state index is 13.8. The highest BCUT2D eigenvalue weighted by molar-refractivity contribution is 5.83. The van der Waals surface area contributed by atoms with Crippen LogP contribution in [-0.2, 0) is 14.2 Å². The SMILES string of the molecule is CCCCOCCCC[C@H]1COC=C(c2cc(F)c(F)c(F)c2)N1C(=O)OC(C)(C)C. The highest BCUT2D eigenvalue weighted by Gasteiger charge is 2.35. The van der Waals surface area contributed by atoms with Crippen LogP contribution in [0.1, 0.15) is 65.4 Å². The van der Waals surface area contributed by atoms with Crippen LogP contribution in [0.15, 0.2) is 18.4 Å². The second kappa shape index (κ2) is 11.4. The van der Waals surface area contributed by atoms with Crippen LogP contribution in [0.2, 0.25) is 0 Å². The van der Waals surface area contributed by atoms with Crippen molar-refractivity contribution in [2.75, 3.05) is 19.8 Å². The summed E-state index contributed by atoms with van der Waals surface area (Å²) in [6.45, 7) is 8.85. The Morgan fingerprint density at radius 3 is 2.39 bits per heavy atom. The average molecular weight is 444 g/mol. The average Bonchev–Trinajstić information content (AvgIpc) is 2.69. The summed E-state index contributed by atoms with van der Waals surface area (Å²) >= 11 is 0. The summed E-state index contributed by atoms with van der Waals surface area (Å²) in [5.41, 5.74) is -0.644. The number of benzene rings is 1. The Morgan fingerprint density at radius 2 is 1.77 bits per heavy atom. The molecule has 8 heteroatoms. The molecule has 1 heterocycles. The Bertz CT molecular complexity index is 754. The van der Waals surface area contributed by atoms with Crippen molar-refractivity contribution in [3.05, 3.63) is 41.4 Å². The fourth-order valence-corrected chi connectivity index (χ4v) is 3.18. The van der Waals surface area contributed by atoms with Gasteiger partial charge in [-0.1, -0.05) is 13.3 Å². The minimum absolute atomic E-state index is 0.00476. The van der Waals surface area contributed by atoms with E-state index in [9.17, 15) is 18.0 Å². The minimum atomic E-state index is -1.57. The van der Waals surface area contributed by atoms with Gasteiger partial charge in [-0.15, -0.1) is 0 Å². The zero-order chi connectivity index (χ0) is 23.0. The Morgan fingerprint density at radius 1 is 1.13 bits per heavy atom. The maximum Gasteiger partial charge on any atom is 0.415 e. The number of hydrogen-bond donors (Lipinski definition) is 0. The van der Waals surface area contributed by atoms with Crippen LogP contribution >= 0.6 is 0 Å². The summed E-state index contributed by atoms with van der Waals surface area (Å²) in [7, 11) is 0. The molecular formula is C23H32F3NO4. The van der Waals surface area contributed by atoms with Crippen LogP contribution in [-0.4, -0.2) is 42.5 Å². The zero-order valence-corrected chi connectivity index (χ0v) is 18.7. The predicted molar refractivity (Wildman–Crippen MR) is 112 cm³/mol. The molecule has 5 nitrogen and oxygen atoms in total. The smallest absolute Gasteiger partial charge is 0.415 e. The molecule has 174 valence electrons. The lowest BCUT2D eigenvalue weighted by molar-refractivity contribution is 0.0166. The third kappa shape index (κ3) is 7.45. The number of carbonyl (C=O) groups is 1. The Hall–Kier alpha value is -2.22. The second-order valence-electron chi connectivity index (χ2n) is 8.56. The molecule has 1 aliphatic heterocycles. The van der Waals surface area contributed by atoms with E-state index in [-0.39, 0.29) is 17.9 Å². The number of carbonyl (C=O) groups excluding carboxylic acids is 1. The van der Waals surface area contributed by atoms with E-state index in [1.807, 2.05) is 0 Å². The van der Waals surface area contributed by atoms with E-state index in [2.05, 4.69) is 6.92 Å². The second-order valence-corrected chi connectivity index (χ2v) is 8.56. The zero-order valence-electron chi connectivity index (χ0n) is 18.7. The first-order valence-electron chi connectivity index (χ1n) is 10.7. The molecule has 31 heavy (non-hydrogen) atoms. The molecule has 0 saturated heterocycles. The van der Waals surface area contributed by atoms with Gasteiger partial charge in [0.1, 0.15) is 18.5 Å². The Balaban J connectivity index is 2.18. The lowest BCUT2D eigenvalue weighted by Crippen LogP contribution is -2.46. The fraction of sp³-hybridized carbons (Fsp3) is 0.609. The number of ether oxygens (including phenoxy) is 3. The molecule has 0 spiro atoms. The summed E-state index contributed by atoms with van der Waals surface area (Å²) in [6, 6.07) is 1.28. The van der Waals surface area contributed by atoms with E-state index in [1.54, 1.807) is 20.8 Å². The third-order valence-corrected chi connectivity index (χ3v) is 4.70. The third-order valence-electron chi connectivity index (χ3n) is 4.70. The van der Waals surface area contributed by atoms with Gasteiger partial charge in [-0.25, -0.2) is 18.0 Å². The molecular weight excluding hydrogens is 411 g/mol. The van der Waals surface area contributed by atoms with Crippen LogP contribution in [0.25, 0.3) is 5.70 Å². The molecule has 0 aliphatic carbocycles. The minimum Gasteiger partial charge on any atom is -0.497 e. The van der Waals surface area contributed by atoms with Crippen LogP contribution in [0.5, 0.6) is 0 Å². The van der Waals surface area contributed by atoms with Crippen molar-refractivity contribution in [2.45, 2.75) is 71.4 Å². The predicted octanol–water partition coefficient (Wildman–Crippen LogP) is 6.03. The molecule has 1 aliphatic rings. The lowest BCUT2D eigenvalue weighted by atomic mass is 10.0. The molecule has 0 N–H and O–H groups in total. The van der Waals surface area contributed by atoms with Crippen molar-refractivity contribution in [3.63, 3.8) is 0 Å². The summed E-state index contributed by atoms with van der Waals surface area (Å²) in [6.07, 6.45) is 4.84. The standard InChI is InChI=1S/C23H32F3NO4/c1-5-6-10-29-11-8-7-9-17-14-30-15-20(27(17)22(28)31-23(2,3)4)16-12-18(24)21(26)19(25)13-16/h12-13,15,17H,5-11,14H2,1-4H3/t17-/m0/s1. The van der Waals surface area contributed by atoms with Crippen molar-refractivity contribution in [2.24, 2.45) is 0 Å². The summed E-state index contributed by atoms with van der Waals surface area (Å²) in [5, 5.41) is 0. The first-order valence-corrected chi connectivity index (χ1v) is 10.7. The molecule has 1 aromatic carbocycles. The molecule has 2 rings (SSSR count). The van der Waals surface area contributed by atoms with Gasteiger partial charge in [0.25, 0.3) is 0 Å². The molecule has 0 radical (unpaired) electrons. The normalized spacial score (nSPS) is 16.7. The molecule has 0 aromatic heterocycles. The summed E-state index contributed by atoms with van der Waals surface area (Å²) in [4.78, 5) is 14.3. The molecule has 0 bridgehead atoms. The van der Waals surface area contributed by atoms with E-state index in [4.69, 9.17) is 14.2 Å². The number of nitrogens with zero attached hydrogens (tertiary/aromatic N) is 1. The first-order chi connectivity index (χ1) is 14.6. The summed E-state index contributed by atoms with van der Waals surface area (Å²) < 4.78 is 57.7. The van der Waals surface area contributed by atoms with Crippen molar-refractivity contribution in [1.29, 1.82) is 0 Å². The van der Waals surface area contributed by atoms with E-state index >= 15 is 0 Å². The van der Waals surface area contributed by atoms with Crippen molar-refractivity contribution >= 4 is 11.8 Å². The number of halogens is 3. The highest BCUT2D eigenvalue weighted by atomic mass is 19.2. The monoisotopic (exact) mass is 443 g/mol. The van der Waals surface area contributed by atoms with Crippen molar-refractivity contribution in [1.82, 2.24) is 4.90 Å². The van der Waals surface area contributed by atoms with Gasteiger partial charge in [0.05, 0.1) is 11.7 Å². The van der Waals surface area contributed by atoms with Gasteiger partial charge in [0, 0.05) is 18.8 Å². The van der Waals surface area contributed by atoms with Gasteiger partial charge in [-0.05, 0) is 58.6 Å². The quantitative estimate of drug-likeness (QED) is 0.346. The number of rotatable bonds is 9. The molecule has 1 atom stereocenters. The van der Waals surface area contributed by atoms with Gasteiger partial charge in [-0.2, -0.15) is 0 Å². The first kappa shape index (κ1) is 25.0. The molecule has 1 amide bonds. The molecule has 0 saturated carbocycles.